The van der Waals surface area contributed by atoms with Crippen LogP contribution < -0.4 is 5.32 Å². The smallest absolute Gasteiger partial charge is 0.326 e. The van der Waals surface area contributed by atoms with Crippen molar-refractivity contribution in [1.82, 2.24) is 5.32 Å². The number of nitrogens with one attached hydrogen (secondary N) is 1. The van der Waals surface area contributed by atoms with Gasteiger partial charge in [0.25, 0.3) is 0 Å². The highest BCUT2D eigenvalue weighted by molar-refractivity contribution is 5.83. The maximum absolute atomic E-state index is 11.5. The summed E-state index contributed by atoms with van der Waals surface area (Å²) in [5, 5.41) is 11.3. The Hall–Kier alpha value is -1.06. The fourth-order valence-corrected chi connectivity index (χ4v) is 1.43. The van der Waals surface area contributed by atoms with Gasteiger partial charge in [0, 0.05) is 6.42 Å². The van der Waals surface area contributed by atoms with Crippen molar-refractivity contribution < 1.29 is 14.7 Å². The van der Waals surface area contributed by atoms with E-state index in [-0.39, 0.29) is 5.91 Å². The fraction of sp³-hybridized carbons (Fsp3) is 0.818. The van der Waals surface area contributed by atoms with Gasteiger partial charge in [0.2, 0.25) is 5.91 Å². The Morgan fingerprint density at radius 2 is 1.67 bits per heavy atom. The first-order valence-corrected chi connectivity index (χ1v) is 5.57. The molecule has 88 valence electrons. The van der Waals surface area contributed by atoms with Gasteiger partial charge in [0.1, 0.15) is 6.04 Å². The van der Waals surface area contributed by atoms with Gasteiger partial charge in [0.05, 0.1) is 0 Å². The predicted octanol–water partition coefficient (Wildman–Crippen LogP) is 1.79. The van der Waals surface area contributed by atoms with Crippen molar-refractivity contribution in [2.75, 3.05) is 0 Å². The minimum atomic E-state index is -0.963. The van der Waals surface area contributed by atoms with Crippen LogP contribution in [0, 0.1) is 5.92 Å². The topological polar surface area (TPSA) is 66.4 Å². The van der Waals surface area contributed by atoms with Crippen molar-refractivity contribution in [3.63, 3.8) is 0 Å². The molecule has 0 heterocycles. The molecule has 0 saturated heterocycles. The summed E-state index contributed by atoms with van der Waals surface area (Å²) in [7, 11) is 0. The summed E-state index contributed by atoms with van der Waals surface area (Å²) in [5.41, 5.74) is 0. The zero-order valence-corrected chi connectivity index (χ0v) is 9.75. The van der Waals surface area contributed by atoms with E-state index in [9.17, 15) is 9.59 Å². The molecule has 15 heavy (non-hydrogen) atoms. The van der Waals surface area contributed by atoms with Gasteiger partial charge in [-0.15, -0.1) is 0 Å². The number of carboxylic acids is 1. The highest BCUT2D eigenvalue weighted by Crippen LogP contribution is 2.12. The number of carboxylic acid groups (broad SMARTS) is 1. The van der Waals surface area contributed by atoms with E-state index in [1.165, 1.54) is 0 Å². The Kier molecular flexibility index (Phi) is 6.75. The summed E-state index contributed by atoms with van der Waals surface area (Å²) in [5.74, 6) is -0.760. The maximum Gasteiger partial charge on any atom is 0.326 e. The van der Waals surface area contributed by atoms with Gasteiger partial charge >= 0.3 is 5.97 Å². The molecule has 2 N–H and O–H groups in total. The number of hydrogen-bond acceptors (Lipinski definition) is 2. The average molecular weight is 215 g/mol. The van der Waals surface area contributed by atoms with Crippen LogP contribution in [0.4, 0.5) is 0 Å². The lowest BCUT2D eigenvalue weighted by molar-refractivity contribution is -0.142. The molecule has 0 fully saturated rings. The van der Waals surface area contributed by atoms with Crippen LogP contribution in [0.25, 0.3) is 0 Å². The van der Waals surface area contributed by atoms with Gasteiger partial charge in [-0.3, -0.25) is 4.79 Å². The summed E-state index contributed by atoms with van der Waals surface area (Å²) in [6.07, 6.45) is 2.75. The summed E-state index contributed by atoms with van der Waals surface area (Å²) < 4.78 is 0. The Balaban J connectivity index is 4.06. The van der Waals surface area contributed by atoms with E-state index >= 15 is 0 Å². The second-order valence-corrected chi connectivity index (χ2v) is 3.75. The molecule has 1 atom stereocenters. The molecule has 1 amide bonds. The van der Waals surface area contributed by atoms with E-state index in [1.54, 1.807) is 6.92 Å². The predicted molar refractivity (Wildman–Crippen MR) is 58.5 cm³/mol. The molecule has 0 aromatic rings. The summed E-state index contributed by atoms with van der Waals surface area (Å²) >= 11 is 0. The van der Waals surface area contributed by atoms with Crippen molar-refractivity contribution in [2.45, 2.75) is 52.5 Å². The molecule has 0 bridgehead atoms. The zero-order chi connectivity index (χ0) is 11.8. The van der Waals surface area contributed by atoms with Crippen LogP contribution >= 0.6 is 0 Å². The van der Waals surface area contributed by atoms with Crippen molar-refractivity contribution in [3.8, 4) is 0 Å². The van der Waals surface area contributed by atoms with E-state index in [1.807, 2.05) is 13.8 Å². The molecule has 0 rings (SSSR count). The van der Waals surface area contributed by atoms with Gasteiger partial charge in [-0.05, 0) is 12.3 Å². The Bertz CT molecular complexity index is 212. The Morgan fingerprint density at radius 1 is 1.13 bits per heavy atom. The third-order valence-corrected chi connectivity index (χ3v) is 2.67. The number of hydrogen-bond donors (Lipinski definition) is 2. The van der Waals surface area contributed by atoms with Crippen LogP contribution in [-0.2, 0) is 9.59 Å². The molecule has 0 saturated carbocycles. The number of amides is 1. The number of carbonyl (C=O) groups excluding carboxylic acids is 1. The van der Waals surface area contributed by atoms with E-state index in [2.05, 4.69) is 5.32 Å². The molecule has 0 aliphatic carbocycles. The average Bonchev–Trinajstić information content (AvgIpc) is 2.22. The van der Waals surface area contributed by atoms with Crippen LogP contribution in [0.1, 0.15) is 46.5 Å². The first-order valence-electron chi connectivity index (χ1n) is 5.57. The lowest BCUT2D eigenvalue weighted by atomic mass is 9.99. The van der Waals surface area contributed by atoms with Gasteiger partial charge in [-0.25, -0.2) is 4.79 Å². The van der Waals surface area contributed by atoms with Crippen LogP contribution in [0.2, 0.25) is 0 Å². The maximum atomic E-state index is 11.5. The Morgan fingerprint density at radius 3 is 2.00 bits per heavy atom. The SMILES string of the molecule is CCC(CC)CC(=O)NC(CC)C(=O)O. The second-order valence-electron chi connectivity index (χ2n) is 3.75. The first-order chi connectivity index (χ1) is 7.04. The normalized spacial score (nSPS) is 12.5. The van der Waals surface area contributed by atoms with E-state index < -0.39 is 12.0 Å². The molecular formula is C11H21NO3. The van der Waals surface area contributed by atoms with Crippen molar-refractivity contribution in [3.05, 3.63) is 0 Å². The molecule has 4 heteroatoms. The first kappa shape index (κ1) is 13.9. The third-order valence-electron chi connectivity index (χ3n) is 2.67. The molecule has 0 aromatic carbocycles. The lowest BCUT2D eigenvalue weighted by Crippen LogP contribution is -2.40. The third kappa shape index (κ3) is 5.40. The highest BCUT2D eigenvalue weighted by atomic mass is 16.4. The van der Waals surface area contributed by atoms with Gasteiger partial charge in [0.15, 0.2) is 0 Å². The van der Waals surface area contributed by atoms with Crippen LogP contribution in [-0.4, -0.2) is 23.0 Å². The number of aliphatic carboxylic acids is 1. The molecular weight excluding hydrogens is 194 g/mol. The molecule has 0 aliphatic rings. The monoisotopic (exact) mass is 215 g/mol. The molecule has 0 spiro atoms. The van der Waals surface area contributed by atoms with Gasteiger partial charge < -0.3 is 10.4 Å². The van der Waals surface area contributed by atoms with Crippen LogP contribution in [0.15, 0.2) is 0 Å². The van der Waals surface area contributed by atoms with Crippen molar-refractivity contribution in [2.24, 2.45) is 5.92 Å². The van der Waals surface area contributed by atoms with E-state index in [4.69, 9.17) is 5.11 Å². The standard InChI is InChI=1S/C11H21NO3/c1-4-8(5-2)7-10(13)12-9(6-3)11(14)15/h8-9H,4-7H2,1-3H3,(H,12,13)(H,14,15). The van der Waals surface area contributed by atoms with E-state index in [0.29, 0.717) is 18.8 Å². The quantitative estimate of drug-likeness (QED) is 0.680. The van der Waals surface area contributed by atoms with Gasteiger partial charge in [-0.2, -0.15) is 0 Å². The molecule has 0 aromatic heterocycles. The molecule has 0 aliphatic heterocycles. The van der Waals surface area contributed by atoms with Crippen molar-refractivity contribution in [1.29, 1.82) is 0 Å². The summed E-state index contributed by atoms with van der Waals surface area (Å²) in [4.78, 5) is 22.1. The summed E-state index contributed by atoms with van der Waals surface area (Å²) in [6, 6.07) is -0.744. The molecule has 1 unspecified atom stereocenters. The van der Waals surface area contributed by atoms with Crippen molar-refractivity contribution >= 4 is 11.9 Å². The van der Waals surface area contributed by atoms with E-state index in [0.717, 1.165) is 12.8 Å². The molecule has 4 nitrogen and oxygen atoms in total. The molecule has 0 radical (unpaired) electrons. The second kappa shape index (κ2) is 7.26. The fourth-order valence-electron chi connectivity index (χ4n) is 1.43. The largest absolute Gasteiger partial charge is 0.480 e. The number of carbonyl (C=O) groups is 2. The minimum absolute atomic E-state index is 0.155. The zero-order valence-electron chi connectivity index (χ0n) is 9.75. The number of rotatable bonds is 7. The summed E-state index contributed by atoms with van der Waals surface area (Å²) in [6.45, 7) is 5.82. The minimum Gasteiger partial charge on any atom is -0.480 e. The van der Waals surface area contributed by atoms with Crippen LogP contribution in [0.5, 0.6) is 0 Å². The van der Waals surface area contributed by atoms with Gasteiger partial charge in [-0.1, -0.05) is 33.6 Å². The highest BCUT2D eigenvalue weighted by Gasteiger charge is 2.18. The van der Waals surface area contributed by atoms with Crippen LogP contribution in [0.3, 0.4) is 0 Å². The lowest BCUT2D eigenvalue weighted by Gasteiger charge is -2.15. The Labute approximate surface area is 91.1 Å².